The Morgan fingerprint density at radius 3 is 2.30 bits per heavy atom. The number of carbonyl (C=O) groups is 1. The van der Waals surface area contributed by atoms with E-state index >= 15 is 0 Å². The zero-order valence-corrected chi connectivity index (χ0v) is 12.5. The van der Waals surface area contributed by atoms with Crippen molar-refractivity contribution in [3.63, 3.8) is 0 Å². The van der Waals surface area contributed by atoms with Gasteiger partial charge in [-0.25, -0.2) is 4.79 Å². The molecule has 1 heterocycles. The van der Waals surface area contributed by atoms with Crippen molar-refractivity contribution in [2.24, 2.45) is 5.92 Å². The summed E-state index contributed by atoms with van der Waals surface area (Å²) in [5.41, 5.74) is 0. The molecule has 20 heavy (non-hydrogen) atoms. The standard InChI is InChI=1S/C15H28N2O3/c1-2-20-15(19)17-9-7-14(8-10-17)16-13-5-3-12(11-18)4-6-13/h12-14,16,18H,2-11H2,1H3. The molecular formula is C15H28N2O3. The van der Waals surface area contributed by atoms with E-state index in [0.717, 1.165) is 38.8 Å². The summed E-state index contributed by atoms with van der Waals surface area (Å²) in [5, 5.41) is 12.9. The molecule has 2 aliphatic rings. The van der Waals surface area contributed by atoms with Crippen LogP contribution in [0.5, 0.6) is 0 Å². The lowest BCUT2D eigenvalue weighted by molar-refractivity contribution is 0.0927. The van der Waals surface area contributed by atoms with E-state index in [9.17, 15) is 4.79 Å². The largest absolute Gasteiger partial charge is 0.450 e. The van der Waals surface area contributed by atoms with Crippen LogP contribution in [0.3, 0.4) is 0 Å². The van der Waals surface area contributed by atoms with Crippen LogP contribution in [0, 0.1) is 5.92 Å². The maximum absolute atomic E-state index is 11.6. The fraction of sp³-hybridized carbons (Fsp3) is 0.933. The summed E-state index contributed by atoms with van der Waals surface area (Å²) >= 11 is 0. The minimum absolute atomic E-state index is 0.172. The molecule has 5 heteroatoms. The Hall–Kier alpha value is -0.810. The topological polar surface area (TPSA) is 61.8 Å². The monoisotopic (exact) mass is 284 g/mol. The lowest BCUT2D eigenvalue weighted by Gasteiger charge is -2.36. The zero-order chi connectivity index (χ0) is 14.4. The lowest BCUT2D eigenvalue weighted by Crippen LogP contribution is -2.48. The number of likely N-dealkylation sites (tertiary alicyclic amines) is 1. The van der Waals surface area contributed by atoms with Gasteiger partial charge in [0.1, 0.15) is 0 Å². The average Bonchev–Trinajstić information content (AvgIpc) is 2.49. The van der Waals surface area contributed by atoms with Crippen molar-refractivity contribution in [3.8, 4) is 0 Å². The number of nitrogens with one attached hydrogen (secondary N) is 1. The van der Waals surface area contributed by atoms with E-state index in [1.165, 1.54) is 12.8 Å². The van der Waals surface area contributed by atoms with Gasteiger partial charge >= 0.3 is 6.09 Å². The molecule has 1 amide bonds. The smallest absolute Gasteiger partial charge is 0.409 e. The Morgan fingerprint density at radius 2 is 1.75 bits per heavy atom. The molecule has 0 aromatic heterocycles. The molecule has 0 bridgehead atoms. The first-order valence-electron chi connectivity index (χ1n) is 8.01. The van der Waals surface area contributed by atoms with Gasteiger partial charge in [-0.05, 0) is 51.4 Å². The number of hydrogen-bond donors (Lipinski definition) is 2. The van der Waals surface area contributed by atoms with Crippen LogP contribution in [0.15, 0.2) is 0 Å². The van der Waals surface area contributed by atoms with Gasteiger partial charge in [-0.2, -0.15) is 0 Å². The van der Waals surface area contributed by atoms with Gasteiger partial charge < -0.3 is 20.1 Å². The molecule has 2 fully saturated rings. The number of rotatable bonds is 4. The molecule has 1 aliphatic heterocycles. The van der Waals surface area contributed by atoms with Crippen molar-refractivity contribution >= 4 is 6.09 Å². The Morgan fingerprint density at radius 1 is 1.15 bits per heavy atom. The van der Waals surface area contributed by atoms with Crippen molar-refractivity contribution in [1.82, 2.24) is 10.2 Å². The van der Waals surface area contributed by atoms with Crippen LogP contribution in [0.2, 0.25) is 0 Å². The van der Waals surface area contributed by atoms with Crippen LogP contribution in [-0.4, -0.2) is 54.5 Å². The molecule has 1 aliphatic carbocycles. The van der Waals surface area contributed by atoms with Gasteiger partial charge in [0.25, 0.3) is 0 Å². The van der Waals surface area contributed by atoms with Gasteiger partial charge in [-0.15, -0.1) is 0 Å². The molecule has 1 saturated heterocycles. The number of amides is 1. The number of ether oxygens (including phenoxy) is 1. The molecule has 0 unspecified atom stereocenters. The number of carbonyl (C=O) groups excluding carboxylic acids is 1. The highest BCUT2D eigenvalue weighted by molar-refractivity contribution is 5.67. The number of hydrogen-bond acceptors (Lipinski definition) is 4. The van der Waals surface area contributed by atoms with Gasteiger partial charge in [-0.3, -0.25) is 0 Å². The van der Waals surface area contributed by atoms with E-state index in [2.05, 4.69) is 5.32 Å². The molecule has 0 radical (unpaired) electrons. The van der Waals surface area contributed by atoms with Crippen molar-refractivity contribution in [1.29, 1.82) is 0 Å². The van der Waals surface area contributed by atoms with Crippen LogP contribution in [0.1, 0.15) is 45.4 Å². The first kappa shape index (κ1) is 15.6. The van der Waals surface area contributed by atoms with Gasteiger partial charge in [0, 0.05) is 31.8 Å². The van der Waals surface area contributed by atoms with Crippen molar-refractivity contribution in [3.05, 3.63) is 0 Å². The third-order valence-corrected chi connectivity index (χ3v) is 4.60. The molecule has 2 N–H and O–H groups in total. The minimum Gasteiger partial charge on any atom is -0.450 e. The van der Waals surface area contributed by atoms with Gasteiger partial charge in [-0.1, -0.05) is 0 Å². The molecule has 116 valence electrons. The third-order valence-electron chi connectivity index (χ3n) is 4.60. The fourth-order valence-corrected chi connectivity index (χ4v) is 3.29. The second-order valence-electron chi connectivity index (χ2n) is 6.03. The normalized spacial score (nSPS) is 28.4. The average molecular weight is 284 g/mol. The highest BCUT2D eigenvalue weighted by Crippen LogP contribution is 2.25. The Balaban J connectivity index is 1.66. The van der Waals surface area contributed by atoms with E-state index in [1.54, 1.807) is 0 Å². The lowest BCUT2D eigenvalue weighted by atomic mass is 9.86. The van der Waals surface area contributed by atoms with Crippen molar-refractivity contribution in [2.75, 3.05) is 26.3 Å². The third kappa shape index (κ3) is 4.35. The SMILES string of the molecule is CCOC(=O)N1CCC(NC2CCC(CO)CC2)CC1. The van der Waals surface area contributed by atoms with E-state index < -0.39 is 0 Å². The predicted molar refractivity (Wildman–Crippen MR) is 77.6 cm³/mol. The molecule has 5 nitrogen and oxygen atoms in total. The maximum Gasteiger partial charge on any atom is 0.409 e. The van der Waals surface area contributed by atoms with Gasteiger partial charge in [0.2, 0.25) is 0 Å². The minimum atomic E-state index is -0.172. The van der Waals surface area contributed by atoms with Crippen LogP contribution in [-0.2, 0) is 4.74 Å². The van der Waals surface area contributed by atoms with Crippen LogP contribution < -0.4 is 5.32 Å². The molecular weight excluding hydrogens is 256 g/mol. The number of nitrogens with zero attached hydrogens (tertiary/aromatic N) is 1. The highest BCUT2D eigenvalue weighted by Gasteiger charge is 2.27. The summed E-state index contributed by atoms with van der Waals surface area (Å²) in [6, 6.07) is 1.12. The number of piperidine rings is 1. The molecule has 1 saturated carbocycles. The van der Waals surface area contributed by atoms with Crippen LogP contribution in [0.4, 0.5) is 4.79 Å². The summed E-state index contributed by atoms with van der Waals surface area (Å²) in [7, 11) is 0. The van der Waals surface area contributed by atoms with Gasteiger partial charge in [0.15, 0.2) is 0 Å². The van der Waals surface area contributed by atoms with E-state index in [-0.39, 0.29) is 6.09 Å². The van der Waals surface area contributed by atoms with Crippen molar-refractivity contribution < 1.29 is 14.6 Å². The summed E-state index contributed by atoms with van der Waals surface area (Å²) < 4.78 is 5.03. The predicted octanol–water partition coefficient (Wildman–Crippen LogP) is 1.75. The Kier molecular flexibility index (Phi) is 6.10. The van der Waals surface area contributed by atoms with Crippen molar-refractivity contribution in [2.45, 2.75) is 57.5 Å². The van der Waals surface area contributed by atoms with E-state index in [4.69, 9.17) is 9.84 Å². The quantitative estimate of drug-likeness (QED) is 0.825. The summed E-state index contributed by atoms with van der Waals surface area (Å²) in [6.07, 6.45) is 6.46. The van der Waals surface area contributed by atoms with Crippen LogP contribution in [0.25, 0.3) is 0 Å². The first-order valence-corrected chi connectivity index (χ1v) is 8.01. The summed E-state index contributed by atoms with van der Waals surface area (Å²) in [5.74, 6) is 0.513. The maximum atomic E-state index is 11.6. The van der Waals surface area contributed by atoms with E-state index in [1.807, 2.05) is 11.8 Å². The summed E-state index contributed by atoms with van der Waals surface area (Å²) in [4.78, 5) is 13.4. The second-order valence-corrected chi connectivity index (χ2v) is 6.03. The number of aliphatic hydroxyl groups excluding tert-OH is 1. The molecule has 0 aromatic rings. The van der Waals surface area contributed by atoms with Gasteiger partial charge in [0.05, 0.1) is 6.61 Å². The fourth-order valence-electron chi connectivity index (χ4n) is 3.29. The summed E-state index contributed by atoms with van der Waals surface area (Å²) in [6.45, 7) is 4.22. The first-order chi connectivity index (χ1) is 9.72. The second kappa shape index (κ2) is 7.84. The van der Waals surface area contributed by atoms with E-state index in [0.29, 0.717) is 31.2 Å². The molecule has 0 atom stereocenters. The Bertz CT molecular complexity index is 295. The highest BCUT2D eigenvalue weighted by atomic mass is 16.6. The molecule has 2 rings (SSSR count). The Labute approximate surface area is 121 Å². The molecule has 0 aromatic carbocycles. The molecule has 0 spiro atoms. The van der Waals surface area contributed by atoms with Crippen LogP contribution >= 0.6 is 0 Å². The zero-order valence-electron chi connectivity index (χ0n) is 12.5. The number of aliphatic hydroxyl groups is 1.